The fraction of sp³-hybridized carbons (Fsp3) is 0.483. The van der Waals surface area contributed by atoms with Gasteiger partial charge in [0.2, 0.25) is 0 Å². The number of nitrogens with zero attached hydrogens (tertiary/aromatic N) is 3. The molecule has 0 radical (unpaired) electrons. The highest BCUT2D eigenvalue weighted by Crippen LogP contribution is 2.31. The Morgan fingerprint density at radius 2 is 1.59 bits per heavy atom. The van der Waals surface area contributed by atoms with Crippen molar-refractivity contribution in [2.75, 3.05) is 26.6 Å². The van der Waals surface area contributed by atoms with Crippen LogP contribution in [0.4, 0.5) is 0 Å². The molecule has 0 saturated heterocycles. The van der Waals surface area contributed by atoms with Gasteiger partial charge in [-0.25, -0.2) is 4.98 Å². The topological polar surface area (TPSA) is 105 Å². The van der Waals surface area contributed by atoms with E-state index in [9.17, 15) is 14.7 Å². The van der Waals surface area contributed by atoms with Gasteiger partial charge < -0.3 is 19.3 Å². The van der Waals surface area contributed by atoms with E-state index < -0.39 is 16.1 Å². The van der Waals surface area contributed by atoms with Gasteiger partial charge in [-0.1, -0.05) is 69.0 Å². The van der Waals surface area contributed by atoms with Crippen LogP contribution in [0.1, 0.15) is 0 Å². The normalized spacial score (nSPS) is 12.5. The number of aliphatic hydroxyl groups is 1. The highest BCUT2D eigenvalue weighted by Gasteiger charge is 2.21. The van der Waals surface area contributed by atoms with Gasteiger partial charge in [0.25, 0.3) is 11.1 Å². The van der Waals surface area contributed by atoms with Crippen molar-refractivity contribution in [1.82, 2.24) is 13.5 Å². The Morgan fingerprint density at radius 3 is 2.27 bits per heavy atom. The molecule has 12 heteroatoms. The van der Waals surface area contributed by atoms with E-state index in [1.165, 1.54) is 15.5 Å². The molecule has 41 heavy (non-hydrogen) atoms. The molecule has 0 fully saturated rings. The lowest BCUT2D eigenvalue weighted by atomic mass is 10.1. The summed E-state index contributed by atoms with van der Waals surface area (Å²) >= 11 is 1.22. The molecule has 2 aromatic carbocycles. The van der Waals surface area contributed by atoms with Gasteiger partial charge in [-0.3, -0.25) is 18.1 Å². The maximum atomic E-state index is 14.0. The van der Waals surface area contributed by atoms with Gasteiger partial charge in [0.05, 0.1) is 28.8 Å². The van der Waals surface area contributed by atoms with Crippen molar-refractivity contribution in [3.63, 3.8) is 0 Å². The van der Waals surface area contributed by atoms with Crippen LogP contribution in [0.5, 0.6) is 5.75 Å². The first-order valence-electron chi connectivity index (χ1n) is 14.0. The zero-order valence-corrected chi connectivity index (χ0v) is 27.7. The van der Waals surface area contributed by atoms with E-state index in [0.717, 1.165) is 12.1 Å². The minimum absolute atomic E-state index is 0.0727. The number of fused-ring (bicyclic) bond motifs is 2. The van der Waals surface area contributed by atoms with Crippen molar-refractivity contribution in [1.29, 1.82) is 0 Å². The highest BCUT2D eigenvalue weighted by molar-refractivity contribution is 7.14. The molecular formula is C29H41N3O6SSi2. The van der Waals surface area contributed by atoms with Gasteiger partial charge in [0.15, 0.2) is 6.79 Å². The van der Waals surface area contributed by atoms with Crippen LogP contribution in [-0.2, 0) is 22.7 Å². The minimum atomic E-state index is -1.31. The molecule has 0 aliphatic carbocycles. The summed E-state index contributed by atoms with van der Waals surface area (Å²) < 4.78 is 21.6. The predicted molar refractivity (Wildman–Crippen MR) is 172 cm³/mol. The summed E-state index contributed by atoms with van der Waals surface area (Å²) in [5.41, 5.74) is 1.39. The molecule has 0 bridgehead atoms. The lowest BCUT2D eigenvalue weighted by Crippen LogP contribution is -2.27. The molecule has 2 heterocycles. The Hall–Kier alpha value is -2.62. The van der Waals surface area contributed by atoms with Gasteiger partial charge >= 0.3 is 0 Å². The van der Waals surface area contributed by atoms with E-state index in [2.05, 4.69) is 39.3 Å². The molecule has 0 aliphatic rings. The molecular weight excluding hydrogens is 575 g/mol. The average Bonchev–Trinajstić information content (AvgIpc) is 3.21. The minimum Gasteiger partial charge on any atom is -0.465 e. The van der Waals surface area contributed by atoms with Gasteiger partial charge in [-0.05, 0) is 30.3 Å². The quantitative estimate of drug-likeness (QED) is 0.115. The van der Waals surface area contributed by atoms with Crippen LogP contribution in [0, 0.1) is 0 Å². The van der Waals surface area contributed by atoms with Crippen molar-refractivity contribution < 1.29 is 19.3 Å². The lowest BCUT2D eigenvalue weighted by molar-refractivity contribution is 0.0228. The van der Waals surface area contributed by atoms with E-state index in [4.69, 9.17) is 19.2 Å². The number of para-hydroxylation sites is 1. The largest absolute Gasteiger partial charge is 0.465 e. The number of rotatable bonds is 14. The first-order chi connectivity index (χ1) is 19.4. The van der Waals surface area contributed by atoms with Gasteiger partial charge in [-0.2, -0.15) is 0 Å². The third kappa shape index (κ3) is 7.82. The van der Waals surface area contributed by atoms with Crippen LogP contribution in [0.3, 0.4) is 0 Å². The Bertz CT molecular complexity index is 1620. The number of ether oxygens (including phenoxy) is 3. The molecule has 4 aromatic rings. The SMILES string of the molecule is C[Si](C)(C)CCOCOc1cccc2c1nc(-c1cccc3c(=O)n(CCO)sc13)c(=O)n2COCC[Si](C)(C)C. The van der Waals surface area contributed by atoms with Crippen molar-refractivity contribution in [3.05, 3.63) is 57.1 Å². The van der Waals surface area contributed by atoms with Crippen LogP contribution in [0.2, 0.25) is 51.4 Å². The zero-order chi connectivity index (χ0) is 29.8. The second-order valence-corrected chi connectivity index (χ2v) is 24.8. The predicted octanol–water partition coefficient (Wildman–Crippen LogP) is 5.44. The smallest absolute Gasteiger partial charge is 0.279 e. The molecule has 0 amide bonds. The van der Waals surface area contributed by atoms with E-state index in [0.29, 0.717) is 45.6 Å². The first kappa shape index (κ1) is 31.3. The summed E-state index contributed by atoms with van der Waals surface area (Å²) in [6.45, 7) is 15.1. The Kier molecular flexibility index (Phi) is 10.0. The number of aromatic nitrogens is 3. The Morgan fingerprint density at radius 1 is 0.902 bits per heavy atom. The standard InChI is InChI=1S/C29H41N3O6SSi2/c1-40(2,3)17-15-36-19-31-23-11-8-12-24(38-20-37-16-18-41(4,5)6)26(23)30-25(29(31)35)21-9-7-10-22-27(21)39-32(13-14-33)28(22)34/h7-12,33H,13-20H2,1-6H3. The number of hydrogen-bond acceptors (Lipinski definition) is 8. The summed E-state index contributed by atoms with van der Waals surface area (Å²) in [6.07, 6.45) is 0. The molecule has 0 aliphatic heterocycles. The van der Waals surface area contributed by atoms with E-state index in [-0.39, 0.29) is 43.5 Å². The summed E-state index contributed by atoms with van der Waals surface area (Å²) in [7, 11) is -2.54. The van der Waals surface area contributed by atoms with Crippen LogP contribution in [0.25, 0.3) is 32.4 Å². The molecule has 0 unspecified atom stereocenters. The first-order valence-corrected chi connectivity index (χ1v) is 22.1. The van der Waals surface area contributed by atoms with Gasteiger partial charge in [-0.15, -0.1) is 0 Å². The summed E-state index contributed by atoms with van der Waals surface area (Å²) in [6, 6.07) is 12.8. The molecule has 222 valence electrons. The molecule has 9 nitrogen and oxygen atoms in total. The Labute approximate surface area is 246 Å². The molecule has 0 atom stereocenters. The van der Waals surface area contributed by atoms with E-state index >= 15 is 0 Å². The fourth-order valence-electron chi connectivity index (χ4n) is 4.25. The molecule has 2 aromatic heterocycles. The van der Waals surface area contributed by atoms with Crippen molar-refractivity contribution in [2.45, 2.75) is 64.6 Å². The van der Waals surface area contributed by atoms with Crippen LogP contribution in [-0.4, -0.2) is 61.4 Å². The number of aliphatic hydroxyl groups excluding tert-OH is 1. The van der Waals surface area contributed by atoms with Gasteiger partial charge in [0, 0.05) is 34.9 Å². The van der Waals surface area contributed by atoms with Crippen molar-refractivity contribution >= 4 is 48.8 Å². The molecule has 0 saturated carbocycles. The van der Waals surface area contributed by atoms with Crippen LogP contribution in [0.15, 0.2) is 46.0 Å². The average molecular weight is 616 g/mol. The maximum absolute atomic E-state index is 14.0. The monoisotopic (exact) mass is 615 g/mol. The summed E-state index contributed by atoms with van der Waals surface area (Å²) in [5, 5.41) is 9.92. The zero-order valence-electron chi connectivity index (χ0n) is 24.9. The van der Waals surface area contributed by atoms with E-state index in [1.807, 2.05) is 18.2 Å². The van der Waals surface area contributed by atoms with Crippen molar-refractivity contribution in [2.24, 2.45) is 0 Å². The number of benzene rings is 2. The van der Waals surface area contributed by atoms with Crippen LogP contribution >= 0.6 is 11.5 Å². The Balaban J connectivity index is 1.79. The van der Waals surface area contributed by atoms with E-state index in [1.54, 1.807) is 22.8 Å². The third-order valence-electron chi connectivity index (χ3n) is 6.68. The second-order valence-electron chi connectivity index (χ2n) is 12.6. The number of hydrogen-bond donors (Lipinski definition) is 1. The molecule has 0 spiro atoms. The van der Waals surface area contributed by atoms with Gasteiger partial charge in [0.1, 0.15) is 23.7 Å². The maximum Gasteiger partial charge on any atom is 0.279 e. The van der Waals surface area contributed by atoms with Crippen LogP contribution < -0.4 is 15.9 Å². The molecule has 1 N–H and O–H groups in total. The third-order valence-corrected chi connectivity index (χ3v) is 11.3. The molecule has 4 rings (SSSR count). The summed E-state index contributed by atoms with van der Waals surface area (Å²) in [5.74, 6) is 0.505. The summed E-state index contributed by atoms with van der Waals surface area (Å²) in [4.78, 5) is 31.7. The lowest BCUT2D eigenvalue weighted by Gasteiger charge is -2.18. The van der Waals surface area contributed by atoms with Crippen molar-refractivity contribution in [3.8, 4) is 17.0 Å². The second kappa shape index (κ2) is 13.1. The highest BCUT2D eigenvalue weighted by atomic mass is 32.1. The fourth-order valence-corrected chi connectivity index (χ4v) is 6.85.